The maximum atomic E-state index is 15.4. The summed E-state index contributed by atoms with van der Waals surface area (Å²) >= 11 is 0. The van der Waals surface area contributed by atoms with Crippen molar-refractivity contribution >= 4 is 16.9 Å². The van der Waals surface area contributed by atoms with E-state index in [4.69, 9.17) is 4.74 Å². The number of alkyl halides is 1. The highest BCUT2D eigenvalue weighted by molar-refractivity contribution is 5.84. The number of carboxylic acid groups (broad SMARTS) is 1. The number of carbonyl (C=O) groups is 1. The third-order valence-corrected chi connectivity index (χ3v) is 7.04. The summed E-state index contributed by atoms with van der Waals surface area (Å²) in [5.41, 5.74) is -0.969. The number of nitrogens with zero attached hydrogens (tertiary/aromatic N) is 2. The molecule has 0 bridgehead atoms. The van der Waals surface area contributed by atoms with Gasteiger partial charge in [-0.2, -0.15) is 0 Å². The molecule has 1 saturated heterocycles. The third-order valence-electron chi connectivity index (χ3n) is 7.04. The van der Waals surface area contributed by atoms with Crippen LogP contribution in [0.4, 0.5) is 22.0 Å². The van der Waals surface area contributed by atoms with Gasteiger partial charge in [0.25, 0.3) is 0 Å². The zero-order chi connectivity index (χ0) is 27.4. The van der Waals surface area contributed by atoms with E-state index < -0.39 is 40.8 Å². The lowest BCUT2D eigenvalue weighted by molar-refractivity contribution is -0.152. The average molecular weight is 533 g/mol. The molecule has 10 heteroatoms. The first-order valence-corrected chi connectivity index (χ1v) is 12.0. The minimum atomic E-state index is -1.75. The summed E-state index contributed by atoms with van der Waals surface area (Å²) in [6.45, 7) is 0.916. The molecule has 4 rings (SSSR count). The van der Waals surface area contributed by atoms with E-state index in [0.717, 1.165) is 18.3 Å². The number of aromatic nitrogens is 1. The van der Waals surface area contributed by atoms with E-state index in [1.807, 2.05) is 4.90 Å². The van der Waals surface area contributed by atoms with Crippen molar-refractivity contribution in [1.29, 1.82) is 0 Å². The van der Waals surface area contributed by atoms with E-state index in [1.54, 1.807) is 12.1 Å². The van der Waals surface area contributed by atoms with Gasteiger partial charge in [0.1, 0.15) is 17.7 Å². The Morgan fingerprint density at radius 3 is 2.45 bits per heavy atom. The lowest BCUT2D eigenvalue weighted by Gasteiger charge is -2.38. The molecule has 200 valence electrons. The van der Waals surface area contributed by atoms with Crippen molar-refractivity contribution in [2.24, 2.45) is 5.41 Å². The minimum absolute atomic E-state index is 0.00434. The number of pyridine rings is 1. The molecule has 0 unspecified atom stereocenters. The van der Waals surface area contributed by atoms with E-state index >= 15 is 4.39 Å². The molecule has 1 fully saturated rings. The number of halogens is 5. The Morgan fingerprint density at radius 1 is 1.13 bits per heavy atom. The second-order valence-electron chi connectivity index (χ2n) is 9.33. The second-order valence-corrected chi connectivity index (χ2v) is 9.33. The number of piperidine rings is 1. The van der Waals surface area contributed by atoms with Crippen LogP contribution in [0.5, 0.6) is 5.75 Å². The Hall–Kier alpha value is -3.71. The summed E-state index contributed by atoms with van der Waals surface area (Å²) < 4.78 is 75.0. The molecule has 0 aliphatic carbocycles. The number of likely N-dealkylation sites (tertiary alicyclic amines) is 1. The van der Waals surface area contributed by atoms with E-state index in [1.165, 1.54) is 13.2 Å². The zero-order valence-electron chi connectivity index (χ0n) is 20.5. The highest BCUT2D eigenvalue weighted by Crippen LogP contribution is 2.41. The van der Waals surface area contributed by atoms with Crippen LogP contribution in [0.3, 0.4) is 0 Å². The van der Waals surface area contributed by atoms with Crippen LogP contribution in [-0.4, -0.2) is 47.7 Å². The van der Waals surface area contributed by atoms with Gasteiger partial charge in [-0.1, -0.05) is 11.8 Å². The van der Waals surface area contributed by atoms with Crippen LogP contribution >= 0.6 is 0 Å². The smallest absolute Gasteiger partial charge is 0.309 e. The Morgan fingerprint density at radius 2 is 1.82 bits per heavy atom. The van der Waals surface area contributed by atoms with Gasteiger partial charge in [-0.3, -0.25) is 14.7 Å². The SMILES string of the molecule is COc1ccc2ncc(F)c([C@@H](F)CCC3(C(=O)O)CCN(CC#Cc4cc(F)c(F)c(F)c4)CC3)c2c1. The van der Waals surface area contributed by atoms with Crippen molar-refractivity contribution in [3.63, 3.8) is 0 Å². The predicted molar refractivity (Wildman–Crippen MR) is 130 cm³/mol. The largest absolute Gasteiger partial charge is 0.497 e. The molecule has 1 aliphatic rings. The molecular weight excluding hydrogens is 507 g/mol. The molecule has 0 amide bonds. The fourth-order valence-corrected chi connectivity index (χ4v) is 4.75. The van der Waals surface area contributed by atoms with Gasteiger partial charge >= 0.3 is 5.97 Å². The number of fused-ring (bicyclic) bond motifs is 1. The molecular formula is C28H25F5N2O3. The monoisotopic (exact) mass is 532 g/mol. The number of aliphatic carboxylic acids is 1. The first-order chi connectivity index (χ1) is 18.1. The molecule has 0 spiro atoms. The summed E-state index contributed by atoms with van der Waals surface area (Å²) in [6.07, 6.45) is -0.527. The fraction of sp³-hybridized carbons (Fsp3) is 0.357. The Labute approximate surface area is 216 Å². The number of benzene rings is 2. The fourth-order valence-electron chi connectivity index (χ4n) is 4.75. The van der Waals surface area contributed by atoms with Gasteiger partial charge in [-0.25, -0.2) is 22.0 Å². The highest BCUT2D eigenvalue weighted by Gasteiger charge is 2.41. The van der Waals surface area contributed by atoms with Gasteiger partial charge in [0, 0.05) is 29.6 Å². The second kappa shape index (κ2) is 11.4. The Bertz CT molecular complexity index is 1390. The molecule has 0 saturated carbocycles. The number of ether oxygens (including phenoxy) is 1. The van der Waals surface area contributed by atoms with Crippen molar-refractivity contribution in [2.45, 2.75) is 31.9 Å². The van der Waals surface area contributed by atoms with Crippen LogP contribution < -0.4 is 4.74 Å². The van der Waals surface area contributed by atoms with Crippen LogP contribution in [0.25, 0.3) is 10.9 Å². The quantitative estimate of drug-likeness (QED) is 0.237. The van der Waals surface area contributed by atoms with Crippen molar-refractivity contribution in [3.05, 3.63) is 70.9 Å². The first-order valence-electron chi connectivity index (χ1n) is 12.0. The van der Waals surface area contributed by atoms with Crippen molar-refractivity contribution in [3.8, 4) is 17.6 Å². The Balaban J connectivity index is 1.41. The van der Waals surface area contributed by atoms with Gasteiger partial charge in [0.2, 0.25) is 0 Å². The first kappa shape index (κ1) is 27.3. The summed E-state index contributed by atoms with van der Waals surface area (Å²) in [6, 6.07) is 6.35. The standard InChI is InChI=1S/C28H25F5N2O3/c1-38-18-4-5-24-19(15-18)25(23(32)16-34-24)20(29)6-7-28(27(36)37)8-11-35(12-9-28)10-2-3-17-13-21(30)26(33)22(31)14-17/h4-5,13-16,20H,6-12H2,1H3,(H,36,37)/t20-/m0/s1. The van der Waals surface area contributed by atoms with Gasteiger partial charge in [0.15, 0.2) is 17.5 Å². The number of hydrogen-bond donors (Lipinski definition) is 1. The molecule has 3 aromatic rings. The number of methoxy groups -OCH3 is 1. The predicted octanol–water partition coefficient (Wildman–Crippen LogP) is 5.81. The van der Waals surface area contributed by atoms with Crippen LogP contribution in [-0.2, 0) is 4.79 Å². The van der Waals surface area contributed by atoms with Crippen molar-refractivity contribution in [2.75, 3.05) is 26.7 Å². The van der Waals surface area contributed by atoms with Gasteiger partial charge in [-0.15, -0.1) is 0 Å². The van der Waals surface area contributed by atoms with Gasteiger partial charge < -0.3 is 9.84 Å². The number of rotatable bonds is 7. The van der Waals surface area contributed by atoms with E-state index in [2.05, 4.69) is 16.8 Å². The van der Waals surface area contributed by atoms with E-state index in [-0.39, 0.29) is 48.7 Å². The molecule has 5 nitrogen and oxygen atoms in total. The van der Waals surface area contributed by atoms with Crippen LogP contribution in [0.15, 0.2) is 36.5 Å². The number of carboxylic acids is 1. The van der Waals surface area contributed by atoms with E-state index in [9.17, 15) is 27.5 Å². The Kier molecular flexibility index (Phi) is 8.17. The molecule has 0 radical (unpaired) electrons. The maximum Gasteiger partial charge on any atom is 0.309 e. The van der Waals surface area contributed by atoms with E-state index in [0.29, 0.717) is 24.4 Å². The molecule has 2 aromatic carbocycles. The minimum Gasteiger partial charge on any atom is -0.497 e. The molecule has 38 heavy (non-hydrogen) atoms. The molecule has 1 atom stereocenters. The van der Waals surface area contributed by atoms with Gasteiger partial charge in [0.05, 0.1) is 30.8 Å². The number of hydrogen-bond acceptors (Lipinski definition) is 4. The topological polar surface area (TPSA) is 62.7 Å². The highest BCUT2D eigenvalue weighted by atomic mass is 19.2. The molecule has 1 aromatic heterocycles. The maximum absolute atomic E-state index is 15.4. The van der Waals surface area contributed by atoms with Crippen LogP contribution in [0.2, 0.25) is 0 Å². The summed E-state index contributed by atoms with van der Waals surface area (Å²) in [7, 11) is 1.44. The molecule has 1 N–H and O–H groups in total. The van der Waals surface area contributed by atoms with Crippen LogP contribution in [0.1, 0.15) is 43.0 Å². The van der Waals surface area contributed by atoms with Crippen LogP contribution in [0, 0.1) is 40.5 Å². The summed E-state index contributed by atoms with van der Waals surface area (Å²) in [5.74, 6) is -0.319. The summed E-state index contributed by atoms with van der Waals surface area (Å²) in [5, 5.41) is 10.3. The summed E-state index contributed by atoms with van der Waals surface area (Å²) in [4.78, 5) is 18.1. The zero-order valence-corrected chi connectivity index (χ0v) is 20.5. The third kappa shape index (κ3) is 5.73. The molecule has 1 aliphatic heterocycles. The lowest BCUT2D eigenvalue weighted by atomic mass is 9.74. The lowest BCUT2D eigenvalue weighted by Crippen LogP contribution is -2.44. The molecule has 2 heterocycles. The van der Waals surface area contributed by atoms with Crippen molar-refractivity contribution in [1.82, 2.24) is 9.88 Å². The average Bonchev–Trinajstić information content (AvgIpc) is 2.90. The van der Waals surface area contributed by atoms with Gasteiger partial charge in [-0.05, 0) is 56.0 Å². The normalized spacial score (nSPS) is 16.1. The van der Waals surface area contributed by atoms with Crippen molar-refractivity contribution < 1.29 is 36.6 Å².